The number of rotatable bonds is 5. The molecule has 1 aromatic rings. The minimum absolute atomic E-state index is 0.133. The minimum Gasteiger partial charge on any atom is -0.449 e. The number of allylic oxidation sites excluding steroid dienone is 1. The molecule has 0 spiro atoms. The fraction of sp³-hybridized carbons (Fsp3) is 0.421. The van der Waals surface area contributed by atoms with Crippen molar-refractivity contribution in [3.8, 4) is 6.07 Å². The van der Waals surface area contributed by atoms with Crippen molar-refractivity contribution in [2.75, 3.05) is 11.5 Å². The van der Waals surface area contributed by atoms with Gasteiger partial charge in [0.15, 0.2) is 5.78 Å². The quantitative estimate of drug-likeness (QED) is 0.770. The van der Waals surface area contributed by atoms with E-state index in [0.29, 0.717) is 24.9 Å². The lowest BCUT2D eigenvalue weighted by Gasteiger charge is -2.43. The summed E-state index contributed by atoms with van der Waals surface area (Å²) in [7, 11) is 0. The molecule has 2 rings (SSSR count). The van der Waals surface area contributed by atoms with Crippen LogP contribution >= 0.6 is 0 Å². The number of nitriles is 1. The zero-order valence-electron chi connectivity index (χ0n) is 13.9. The minimum atomic E-state index is -1.28. The first-order valence-corrected chi connectivity index (χ1v) is 8.17. The van der Waals surface area contributed by atoms with Gasteiger partial charge in [0.1, 0.15) is 5.41 Å². The van der Waals surface area contributed by atoms with E-state index in [1.807, 2.05) is 18.2 Å². The number of anilines is 1. The van der Waals surface area contributed by atoms with Crippen LogP contribution in [0.1, 0.15) is 32.6 Å². The number of ether oxygens (including phenoxy) is 1. The van der Waals surface area contributed by atoms with Gasteiger partial charge in [-0.25, -0.2) is 4.79 Å². The van der Waals surface area contributed by atoms with Gasteiger partial charge in [0, 0.05) is 12.1 Å². The van der Waals surface area contributed by atoms with Gasteiger partial charge in [-0.2, -0.15) is 5.26 Å². The molecule has 1 saturated carbocycles. The number of amides is 1. The van der Waals surface area contributed by atoms with Gasteiger partial charge in [-0.3, -0.25) is 9.69 Å². The number of hydrogen-bond acceptors (Lipinski definition) is 4. The second kappa shape index (κ2) is 7.78. The molecule has 0 bridgehead atoms. The molecule has 1 aromatic carbocycles. The van der Waals surface area contributed by atoms with E-state index in [1.165, 1.54) is 4.90 Å². The lowest BCUT2D eigenvalue weighted by molar-refractivity contribution is -0.128. The third kappa shape index (κ3) is 3.18. The van der Waals surface area contributed by atoms with Crippen molar-refractivity contribution < 1.29 is 14.3 Å². The summed E-state index contributed by atoms with van der Waals surface area (Å²) >= 11 is 0. The molecule has 0 N–H and O–H groups in total. The van der Waals surface area contributed by atoms with E-state index >= 15 is 0 Å². The first kappa shape index (κ1) is 17.7. The highest BCUT2D eigenvalue weighted by Crippen LogP contribution is 2.41. The van der Waals surface area contributed by atoms with E-state index in [2.05, 4.69) is 12.6 Å². The molecule has 5 nitrogen and oxygen atoms in total. The van der Waals surface area contributed by atoms with Gasteiger partial charge < -0.3 is 4.74 Å². The highest BCUT2D eigenvalue weighted by molar-refractivity contribution is 5.94. The summed E-state index contributed by atoms with van der Waals surface area (Å²) in [4.78, 5) is 26.7. The summed E-state index contributed by atoms with van der Waals surface area (Å²) in [6.45, 7) is 5.65. The number of hydrogen-bond donors (Lipinski definition) is 0. The molecule has 1 amide bonds. The largest absolute Gasteiger partial charge is 0.449 e. The molecule has 1 fully saturated rings. The Morgan fingerprint density at radius 3 is 2.79 bits per heavy atom. The lowest BCUT2D eigenvalue weighted by Crippen LogP contribution is -2.56. The van der Waals surface area contributed by atoms with Crippen molar-refractivity contribution in [3.05, 3.63) is 43.0 Å². The van der Waals surface area contributed by atoms with Gasteiger partial charge in [-0.1, -0.05) is 24.3 Å². The fourth-order valence-electron chi connectivity index (χ4n) is 3.31. The SMILES string of the molecule is C=CC[C@]1(C#N)C(=O)CCC[C@H]1N(C(=O)OCC)c1ccccc1. The monoisotopic (exact) mass is 326 g/mol. The second-order valence-corrected chi connectivity index (χ2v) is 5.81. The summed E-state index contributed by atoms with van der Waals surface area (Å²) in [6, 6.07) is 10.7. The van der Waals surface area contributed by atoms with Crippen LogP contribution in [0.15, 0.2) is 43.0 Å². The Morgan fingerprint density at radius 2 is 2.21 bits per heavy atom. The van der Waals surface area contributed by atoms with E-state index in [1.54, 1.807) is 25.1 Å². The third-order valence-electron chi connectivity index (χ3n) is 4.42. The predicted molar refractivity (Wildman–Crippen MR) is 91.4 cm³/mol. The van der Waals surface area contributed by atoms with Gasteiger partial charge >= 0.3 is 6.09 Å². The Kier molecular flexibility index (Phi) is 5.75. The first-order valence-electron chi connectivity index (χ1n) is 8.17. The highest BCUT2D eigenvalue weighted by atomic mass is 16.6. The van der Waals surface area contributed by atoms with Crippen molar-refractivity contribution in [2.45, 2.75) is 38.6 Å². The number of Topliss-reactive ketones (excluding diaryl/α,β-unsaturated/α-hetero) is 1. The Balaban J connectivity index is 2.53. The van der Waals surface area contributed by atoms with Crippen molar-refractivity contribution in [1.29, 1.82) is 5.26 Å². The summed E-state index contributed by atoms with van der Waals surface area (Å²) in [5.74, 6) is -0.133. The molecule has 1 aliphatic rings. The van der Waals surface area contributed by atoms with E-state index in [-0.39, 0.29) is 18.8 Å². The zero-order valence-corrected chi connectivity index (χ0v) is 13.9. The Hall–Kier alpha value is -2.61. The molecule has 24 heavy (non-hydrogen) atoms. The van der Waals surface area contributed by atoms with Crippen molar-refractivity contribution >= 4 is 17.6 Å². The standard InChI is InChI=1S/C19H22N2O3/c1-3-13-19(14-20)16(11-8-12-17(19)22)21(18(23)24-4-2)15-9-6-5-7-10-15/h3,5-7,9-10,16H,1,4,8,11-13H2,2H3/t16-,19-/m1/s1. The molecule has 5 heteroatoms. The van der Waals surface area contributed by atoms with Gasteiger partial charge in [0.25, 0.3) is 0 Å². The van der Waals surface area contributed by atoms with Crippen LogP contribution in [0, 0.1) is 16.7 Å². The molecule has 0 saturated heterocycles. The molecular weight excluding hydrogens is 304 g/mol. The zero-order chi connectivity index (χ0) is 17.6. The Labute approximate surface area is 142 Å². The third-order valence-corrected chi connectivity index (χ3v) is 4.42. The molecule has 0 unspecified atom stereocenters. The number of ketones is 1. The van der Waals surface area contributed by atoms with Gasteiger partial charge in [0.05, 0.1) is 18.7 Å². The summed E-state index contributed by atoms with van der Waals surface area (Å²) in [6.07, 6.45) is 2.83. The molecular formula is C19H22N2O3. The normalized spacial score (nSPS) is 23.2. The molecule has 0 aliphatic heterocycles. The second-order valence-electron chi connectivity index (χ2n) is 5.81. The molecule has 1 aliphatic carbocycles. The number of nitrogens with zero attached hydrogens (tertiary/aromatic N) is 2. The van der Waals surface area contributed by atoms with Crippen molar-refractivity contribution in [3.63, 3.8) is 0 Å². The Morgan fingerprint density at radius 1 is 1.50 bits per heavy atom. The first-order chi connectivity index (χ1) is 11.6. The van der Waals surface area contributed by atoms with Gasteiger partial charge in [-0.05, 0) is 38.3 Å². The predicted octanol–water partition coefficient (Wildman–Crippen LogP) is 3.86. The van der Waals surface area contributed by atoms with Crippen LogP contribution in [0.2, 0.25) is 0 Å². The summed E-state index contributed by atoms with van der Waals surface area (Å²) < 4.78 is 5.20. The molecule has 0 heterocycles. The van der Waals surface area contributed by atoms with Gasteiger partial charge in [0.2, 0.25) is 0 Å². The van der Waals surface area contributed by atoms with E-state index < -0.39 is 17.6 Å². The van der Waals surface area contributed by atoms with Crippen LogP contribution in [0.3, 0.4) is 0 Å². The number of carbonyl (C=O) groups excluding carboxylic acids is 2. The maximum atomic E-state index is 12.6. The maximum Gasteiger partial charge on any atom is 0.414 e. The molecule has 126 valence electrons. The number of para-hydroxylation sites is 1. The smallest absolute Gasteiger partial charge is 0.414 e. The topological polar surface area (TPSA) is 70.4 Å². The van der Waals surface area contributed by atoms with Crippen LogP contribution in [0.25, 0.3) is 0 Å². The van der Waals surface area contributed by atoms with Crippen molar-refractivity contribution in [2.24, 2.45) is 5.41 Å². The lowest BCUT2D eigenvalue weighted by atomic mass is 9.67. The van der Waals surface area contributed by atoms with E-state index in [0.717, 1.165) is 0 Å². The van der Waals surface area contributed by atoms with Crippen LogP contribution < -0.4 is 4.90 Å². The van der Waals surface area contributed by atoms with Crippen LogP contribution in [-0.2, 0) is 9.53 Å². The summed E-state index contributed by atoms with van der Waals surface area (Å²) in [5, 5.41) is 9.82. The Bertz CT molecular complexity index is 650. The number of benzene rings is 1. The van der Waals surface area contributed by atoms with Crippen molar-refractivity contribution in [1.82, 2.24) is 0 Å². The maximum absolute atomic E-state index is 12.6. The molecule has 0 aromatic heterocycles. The molecule has 2 atom stereocenters. The van der Waals surface area contributed by atoms with E-state index in [4.69, 9.17) is 4.74 Å². The molecule has 0 radical (unpaired) electrons. The average Bonchev–Trinajstić information content (AvgIpc) is 2.59. The van der Waals surface area contributed by atoms with Crippen LogP contribution in [-0.4, -0.2) is 24.5 Å². The fourth-order valence-corrected chi connectivity index (χ4v) is 3.31. The van der Waals surface area contributed by atoms with Crippen LogP contribution in [0.5, 0.6) is 0 Å². The van der Waals surface area contributed by atoms with Gasteiger partial charge in [-0.15, -0.1) is 6.58 Å². The summed E-state index contributed by atoms with van der Waals surface area (Å²) in [5.41, 5.74) is -0.651. The average molecular weight is 326 g/mol. The van der Waals surface area contributed by atoms with E-state index in [9.17, 15) is 14.9 Å². The number of carbonyl (C=O) groups is 2. The highest BCUT2D eigenvalue weighted by Gasteiger charge is 2.51. The van der Waals surface area contributed by atoms with Crippen LogP contribution in [0.4, 0.5) is 10.5 Å².